The van der Waals surface area contributed by atoms with Crippen molar-refractivity contribution >= 4 is 47.3 Å². The number of carbonyl (C=O) groups excluding carboxylic acids is 2. The number of thioether (sulfide) groups is 2. The molecule has 10 nitrogen and oxygen atoms in total. The highest BCUT2D eigenvalue weighted by Gasteiger charge is 2.58. The molecule has 3 aliphatic heterocycles. The van der Waals surface area contributed by atoms with Gasteiger partial charge in [-0.3, -0.25) is 19.9 Å². The number of amidine groups is 1. The molecule has 2 amide bonds. The second kappa shape index (κ2) is 7.24. The summed E-state index contributed by atoms with van der Waals surface area (Å²) >= 11 is 2.57. The zero-order chi connectivity index (χ0) is 20.0. The SMILES string of the molecule is CC(=N)N1C[C@@H](SC2=C(OC(=O)O)N3C(=O)[C@H]([C@@H](C)O)[C@H]3S2)C[C@H]1C(N)=O. The summed E-state index contributed by atoms with van der Waals surface area (Å²) in [7, 11) is 0. The number of carbonyl (C=O) groups is 3. The molecular formula is C15H20N4O6S2. The van der Waals surface area contributed by atoms with Crippen LogP contribution in [0.25, 0.3) is 0 Å². The number of ether oxygens (including phenoxy) is 1. The number of fused-ring (bicyclic) bond motifs is 1. The van der Waals surface area contributed by atoms with Crippen LogP contribution in [-0.4, -0.2) is 73.1 Å². The predicted molar refractivity (Wildman–Crippen MR) is 98.6 cm³/mol. The average molecular weight is 416 g/mol. The Labute approximate surface area is 163 Å². The van der Waals surface area contributed by atoms with Gasteiger partial charge in [0.2, 0.25) is 17.7 Å². The normalized spacial score (nSPS) is 30.9. The molecule has 5 N–H and O–H groups in total. The smallest absolute Gasteiger partial charge is 0.449 e. The maximum Gasteiger partial charge on any atom is 0.512 e. The summed E-state index contributed by atoms with van der Waals surface area (Å²) in [6, 6.07) is -0.597. The third kappa shape index (κ3) is 3.48. The number of hydrogen-bond donors (Lipinski definition) is 4. The molecule has 0 spiro atoms. The molecule has 5 atom stereocenters. The van der Waals surface area contributed by atoms with E-state index in [0.29, 0.717) is 17.2 Å². The Morgan fingerprint density at radius 2 is 2.15 bits per heavy atom. The van der Waals surface area contributed by atoms with E-state index in [1.807, 2.05) is 0 Å². The Balaban J connectivity index is 1.80. The van der Waals surface area contributed by atoms with Crippen molar-refractivity contribution in [2.75, 3.05) is 6.54 Å². The molecule has 0 aromatic carbocycles. The first-order valence-corrected chi connectivity index (χ1v) is 9.98. The van der Waals surface area contributed by atoms with Crippen molar-refractivity contribution in [2.24, 2.45) is 11.7 Å². The van der Waals surface area contributed by atoms with Gasteiger partial charge in [0, 0.05) is 11.8 Å². The van der Waals surface area contributed by atoms with Crippen LogP contribution in [0.5, 0.6) is 0 Å². The van der Waals surface area contributed by atoms with E-state index in [0.717, 1.165) is 0 Å². The number of primary amides is 1. The third-order valence-corrected chi connectivity index (χ3v) is 7.48. The van der Waals surface area contributed by atoms with Crippen molar-refractivity contribution in [3.05, 3.63) is 10.1 Å². The lowest BCUT2D eigenvalue weighted by atomic mass is 9.93. The molecule has 0 radical (unpaired) electrons. The zero-order valence-corrected chi connectivity index (χ0v) is 16.2. The van der Waals surface area contributed by atoms with Crippen LogP contribution in [0.15, 0.2) is 10.1 Å². The van der Waals surface area contributed by atoms with Crippen LogP contribution in [0.2, 0.25) is 0 Å². The number of amides is 2. The van der Waals surface area contributed by atoms with Crippen molar-refractivity contribution in [1.29, 1.82) is 5.41 Å². The van der Waals surface area contributed by atoms with E-state index in [9.17, 15) is 19.5 Å². The quantitative estimate of drug-likeness (QED) is 0.215. The van der Waals surface area contributed by atoms with Gasteiger partial charge in [-0.2, -0.15) is 0 Å². The van der Waals surface area contributed by atoms with Crippen LogP contribution in [-0.2, 0) is 14.3 Å². The fourth-order valence-electron chi connectivity index (χ4n) is 3.46. The van der Waals surface area contributed by atoms with Gasteiger partial charge in [-0.05, 0) is 20.3 Å². The number of aliphatic hydroxyl groups is 1. The molecule has 148 valence electrons. The molecular weight excluding hydrogens is 396 g/mol. The minimum absolute atomic E-state index is 0.0509. The van der Waals surface area contributed by atoms with Crippen LogP contribution in [0.1, 0.15) is 20.3 Å². The molecule has 12 heteroatoms. The van der Waals surface area contributed by atoms with Gasteiger partial charge in [0.15, 0.2) is 0 Å². The fourth-order valence-corrected chi connectivity index (χ4v) is 6.70. The van der Waals surface area contributed by atoms with Crippen LogP contribution in [0.3, 0.4) is 0 Å². The second-order valence-electron chi connectivity index (χ2n) is 6.58. The van der Waals surface area contributed by atoms with Gasteiger partial charge < -0.3 is 25.6 Å². The molecule has 3 heterocycles. The van der Waals surface area contributed by atoms with E-state index in [-0.39, 0.29) is 22.9 Å². The molecule has 27 heavy (non-hydrogen) atoms. The molecule has 0 aromatic rings. The Morgan fingerprint density at radius 1 is 1.48 bits per heavy atom. The largest absolute Gasteiger partial charge is 0.512 e. The molecule has 0 aromatic heterocycles. The molecule has 0 bridgehead atoms. The van der Waals surface area contributed by atoms with Gasteiger partial charge in [-0.1, -0.05) is 11.8 Å². The topological polar surface area (TPSA) is 157 Å². The molecule has 3 aliphatic rings. The van der Waals surface area contributed by atoms with Gasteiger partial charge >= 0.3 is 6.16 Å². The second-order valence-corrected chi connectivity index (χ2v) is 9.27. The number of hydrogen-bond acceptors (Lipinski definition) is 8. The number of rotatable bonds is 5. The van der Waals surface area contributed by atoms with Crippen LogP contribution in [0.4, 0.5) is 4.79 Å². The van der Waals surface area contributed by atoms with E-state index in [4.69, 9.17) is 21.0 Å². The van der Waals surface area contributed by atoms with Crippen molar-refractivity contribution in [1.82, 2.24) is 9.80 Å². The van der Waals surface area contributed by atoms with Gasteiger partial charge in [0.1, 0.15) is 15.7 Å². The van der Waals surface area contributed by atoms with E-state index in [1.165, 1.54) is 35.3 Å². The molecule has 0 aliphatic carbocycles. The van der Waals surface area contributed by atoms with Gasteiger partial charge in [0.05, 0.1) is 17.9 Å². The number of nitrogens with zero attached hydrogens (tertiary/aromatic N) is 2. The maximum atomic E-state index is 12.3. The predicted octanol–water partition coefficient (Wildman–Crippen LogP) is 0.378. The van der Waals surface area contributed by atoms with Crippen LogP contribution >= 0.6 is 23.5 Å². The highest BCUT2D eigenvalue weighted by Crippen LogP contribution is 2.55. The van der Waals surface area contributed by atoms with Gasteiger partial charge in [0.25, 0.3) is 0 Å². The van der Waals surface area contributed by atoms with Crippen LogP contribution in [0, 0.1) is 11.3 Å². The lowest BCUT2D eigenvalue weighted by Gasteiger charge is -2.43. The van der Waals surface area contributed by atoms with E-state index < -0.39 is 35.5 Å². The fraction of sp³-hybridized carbons (Fsp3) is 0.600. The van der Waals surface area contributed by atoms with Gasteiger partial charge in [-0.25, -0.2) is 4.79 Å². The summed E-state index contributed by atoms with van der Waals surface area (Å²) in [5, 5.41) is 26.1. The zero-order valence-electron chi connectivity index (χ0n) is 14.6. The number of nitrogens with one attached hydrogen (secondary N) is 1. The monoisotopic (exact) mass is 416 g/mol. The van der Waals surface area contributed by atoms with E-state index in [1.54, 1.807) is 11.8 Å². The number of carboxylic acid groups (broad SMARTS) is 1. The first-order chi connectivity index (χ1) is 12.6. The third-order valence-electron chi connectivity index (χ3n) is 4.70. The average Bonchev–Trinajstić information content (AvgIpc) is 3.07. The number of aliphatic hydroxyl groups excluding tert-OH is 1. The maximum absolute atomic E-state index is 12.3. The number of β-lactam (4-membered cyclic amide) rings is 1. The lowest BCUT2D eigenvalue weighted by Crippen LogP contribution is -2.60. The lowest BCUT2D eigenvalue weighted by molar-refractivity contribution is -0.155. The molecule has 0 unspecified atom stereocenters. The number of likely N-dealkylation sites (tertiary alicyclic amines) is 1. The Morgan fingerprint density at radius 3 is 2.63 bits per heavy atom. The first-order valence-electron chi connectivity index (χ1n) is 8.22. The Bertz CT molecular complexity index is 720. The van der Waals surface area contributed by atoms with Gasteiger partial charge in [-0.15, -0.1) is 11.8 Å². The van der Waals surface area contributed by atoms with Crippen molar-refractivity contribution in [2.45, 2.75) is 43.0 Å². The minimum atomic E-state index is -1.53. The summed E-state index contributed by atoms with van der Waals surface area (Å²) in [4.78, 5) is 37.9. The minimum Gasteiger partial charge on any atom is -0.449 e. The first kappa shape index (κ1) is 19.8. The highest BCUT2D eigenvalue weighted by atomic mass is 32.2. The summed E-state index contributed by atoms with van der Waals surface area (Å²) in [5.41, 5.74) is 5.43. The molecule has 2 fully saturated rings. The van der Waals surface area contributed by atoms with E-state index in [2.05, 4.69) is 0 Å². The van der Waals surface area contributed by atoms with Crippen molar-refractivity contribution < 1.29 is 29.3 Å². The summed E-state index contributed by atoms with van der Waals surface area (Å²) in [6.45, 7) is 3.49. The van der Waals surface area contributed by atoms with Crippen LogP contribution < -0.4 is 5.73 Å². The summed E-state index contributed by atoms with van der Waals surface area (Å²) in [6.07, 6.45) is -1.99. The standard InChI is InChI=1S/C15H20N4O6S2/c1-5(20)9-11(22)19-12(25-15(23)24)14(27-13(9)19)26-7-3-8(10(17)21)18(4-7)6(2)16/h5,7-9,13,16,20H,3-4H2,1-2H3,(H2,17,21)(H,23,24)/t5-,7+,8+,9+,13-/m1/s1. The summed E-state index contributed by atoms with van der Waals surface area (Å²) in [5.74, 6) is -1.35. The van der Waals surface area contributed by atoms with Crippen molar-refractivity contribution in [3.63, 3.8) is 0 Å². The Hall–Kier alpha value is -1.92. The molecule has 2 saturated heterocycles. The Kier molecular flexibility index (Phi) is 5.32. The number of nitrogens with two attached hydrogens (primary N) is 1. The molecule has 3 rings (SSSR count). The summed E-state index contributed by atoms with van der Waals surface area (Å²) < 4.78 is 5.36. The van der Waals surface area contributed by atoms with E-state index >= 15 is 0 Å². The highest BCUT2D eigenvalue weighted by molar-refractivity contribution is 8.23. The molecule has 0 saturated carbocycles. The van der Waals surface area contributed by atoms with Crippen molar-refractivity contribution in [3.8, 4) is 0 Å².